The molecule has 0 amide bonds. The first-order chi connectivity index (χ1) is 8.81. The number of thiazole rings is 1. The summed E-state index contributed by atoms with van der Waals surface area (Å²) < 4.78 is 5.48. The Hall–Kier alpha value is -1.55. The quantitative estimate of drug-likeness (QED) is 0.861. The second kappa shape index (κ2) is 6.40. The highest BCUT2D eigenvalue weighted by Gasteiger charge is 2.01. The smallest absolute Gasteiger partial charge is 0.183 e. The number of nitrogens with one attached hydrogen (secondary N) is 1. The van der Waals surface area contributed by atoms with Crippen molar-refractivity contribution < 1.29 is 4.74 Å². The highest BCUT2D eigenvalue weighted by Crippen LogP contribution is 2.18. The van der Waals surface area contributed by atoms with Gasteiger partial charge in [0, 0.05) is 11.9 Å². The number of aryl methyl sites for hydroxylation is 1. The molecule has 0 saturated carbocycles. The van der Waals surface area contributed by atoms with E-state index < -0.39 is 0 Å². The molecule has 0 radical (unpaired) electrons. The Bertz CT molecular complexity index is 496. The van der Waals surface area contributed by atoms with Gasteiger partial charge in [0.2, 0.25) is 0 Å². The third-order valence-electron chi connectivity index (χ3n) is 2.57. The summed E-state index contributed by atoms with van der Waals surface area (Å²) >= 11 is 1.65. The van der Waals surface area contributed by atoms with Gasteiger partial charge >= 0.3 is 0 Å². The van der Waals surface area contributed by atoms with Gasteiger partial charge in [-0.2, -0.15) is 0 Å². The fraction of sp³-hybridized carbons (Fsp3) is 0.357. The molecule has 1 aromatic heterocycles. The van der Waals surface area contributed by atoms with Crippen molar-refractivity contribution in [1.29, 1.82) is 0 Å². The van der Waals surface area contributed by atoms with E-state index in [1.54, 1.807) is 11.3 Å². The zero-order chi connectivity index (χ0) is 12.8. The normalized spacial score (nSPS) is 10.3. The van der Waals surface area contributed by atoms with Gasteiger partial charge in [-0.1, -0.05) is 19.1 Å². The number of nitrogens with zero attached hydrogens (tertiary/aromatic N) is 1. The molecule has 1 heterocycles. The van der Waals surface area contributed by atoms with Crippen LogP contribution in [0, 0.1) is 0 Å². The van der Waals surface area contributed by atoms with Crippen LogP contribution in [0.15, 0.2) is 29.6 Å². The fourth-order valence-electron chi connectivity index (χ4n) is 1.64. The molecule has 96 valence electrons. The van der Waals surface area contributed by atoms with Gasteiger partial charge in [-0.3, -0.25) is 0 Å². The van der Waals surface area contributed by atoms with E-state index in [0.29, 0.717) is 6.61 Å². The van der Waals surface area contributed by atoms with Crippen molar-refractivity contribution in [1.82, 2.24) is 4.98 Å². The molecule has 0 aliphatic carbocycles. The van der Waals surface area contributed by atoms with Crippen LogP contribution in [-0.4, -0.2) is 11.6 Å². The molecule has 2 rings (SSSR count). The van der Waals surface area contributed by atoms with Crippen LogP contribution in [0.4, 0.5) is 5.13 Å². The Kier molecular flexibility index (Phi) is 4.59. The van der Waals surface area contributed by atoms with Crippen LogP contribution in [0.5, 0.6) is 5.75 Å². The number of hydrogen-bond donors (Lipinski definition) is 1. The Labute approximate surface area is 112 Å². The number of ether oxygens (including phenoxy) is 1. The van der Waals surface area contributed by atoms with Crippen LogP contribution in [-0.2, 0) is 13.0 Å². The predicted octanol–water partition coefficient (Wildman–Crippen LogP) is 3.72. The van der Waals surface area contributed by atoms with Crippen molar-refractivity contribution in [2.24, 2.45) is 0 Å². The summed E-state index contributed by atoms with van der Waals surface area (Å²) in [5.41, 5.74) is 2.35. The Balaban J connectivity index is 1.94. The van der Waals surface area contributed by atoms with Gasteiger partial charge in [0.25, 0.3) is 0 Å². The van der Waals surface area contributed by atoms with Crippen molar-refractivity contribution in [3.63, 3.8) is 0 Å². The largest absolute Gasteiger partial charge is 0.494 e. The first-order valence-electron chi connectivity index (χ1n) is 6.21. The monoisotopic (exact) mass is 262 g/mol. The summed E-state index contributed by atoms with van der Waals surface area (Å²) in [6, 6.07) is 8.14. The van der Waals surface area contributed by atoms with Crippen LogP contribution in [0.3, 0.4) is 0 Å². The first kappa shape index (κ1) is 12.9. The minimum atomic E-state index is 0.698. The number of aromatic nitrogens is 1. The van der Waals surface area contributed by atoms with E-state index >= 15 is 0 Å². The van der Waals surface area contributed by atoms with E-state index in [4.69, 9.17) is 4.74 Å². The highest BCUT2D eigenvalue weighted by molar-refractivity contribution is 7.13. The average Bonchev–Trinajstić information content (AvgIpc) is 2.85. The molecule has 18 heavy (non-hydrogen) atoms. The third kappa shape index (κ3) is 3.47. The topological polar surface area (TPSA) is 34.1 Å². The molecule has 0 aliphatic rings. The SMILES string of the molecule is CCOc1cccc(CNc2nc(CC)cs2)c1. The molecule has 1 aromatic carbocycles. The molecule has 0 fully saturated rings. The van der Waals surface area contributed by atoms with E-state index in [9.17, 15) is 0 Å². The van der Waals surface area contributed by atoms with Gasteiger partial charge in [-0.05, 0) is 31.0 Å². The van der Waals surface area contributed by atoms with Crippen LogP contribution in [0.2, 0.25) is 0 Å². The molecule has 2 aromatic rings. The lowest BCUT2D eigenvalue weighted by atomic mass is 10.2. The molecule has 0 bridgehead atoms. The molecule has 0 saturated heterocycles. The summed E-state index contributed by atoms with van der Waals surface area (Å²) in [6.45, 7) is 5.58. The molecule has 0 spiro atoms. The Morgan fingerprint density at radius 1 is 1.33 bits per heavy atom. The lowest BCUT2D eigenvalue weighted by molar-refractivity contribution is 0.340. The number of anilines is 1. The second-order valence-electron chi connectivity index (χ2n) is 3.93. The van der Waals surface area contributed by atoms with Gasteiger partial charge < -0.3 is 10.1 Å². The number of rotatable bonds is 6. The summed E-state index contributed by atoms with van der Waals surface area (Å²) in [4.78, 5) is 4.48. The van der Waals surface area contributed by atoms with E-state index in [2.05, 4.69) is 34.7 Å². The molecule has 4 heteroatoms. The molecular weight excluding hydrogens is 244 g/mol. The Morgan fingerprint density at radius 2 is 2.22 bits per heavy atom. The zero-order valence-corrected chi connectivity index (χ0v) is 11.6. The number of hydrogen-bond acceptors (Lipinski definition) is 4. The summed E-state index contributed by atoms with van der Waals surface area (Å²) in [6.07, 6.45) is 0.984. The minimum absolute atomic E-state index is 0.698. The lowest BCUT2D eigenvalue weighted by Crippen LogP contribution is -2.00. The molecule has 0 atom stereocenters. The highest BCUT2D eigenvalue weighted by atomic mass is 32.1. The van der Waals surface area contributed by atoms with Crippen molar-refractivity contribution in [2.75, 3.05) is 11.9 Å². The van der Waals surface area contributed by atoms with Crippen molar-refractivity contribution in [2.45, 2.75) is 26.8 Å². The predicted molar refractivity (Wildman–Crippen MR) is 76.4 cm³/mol. The lowest BCUT2D eigenvalue weighted by Gasteiger charge is -2.06. The maximum atomic E-state index is 5.48. The van der Waals surface area contributed by atoms with Crippen LogP contribution in [0.1, 0.15) is 25.1 Å². The molecular formula is C14H18N2OS. The van der Waals surface area contributed by atoms with Crippen molar-refractivity contribution in [3.05, 3.63) is 40.9 Å². The fourth-order valence-corrected chi connectivity index (χ4v) is 2.43. The van der Waals surface area contributed by atoms with Gasteiger partial charge in [0.15, 0.2) is 5.13 Å². The summed E-state index contributed by atoms with van der Waals surface area (Å²) in [5, 5.41) is 6.41. The van der Waals surface area contributed by atoms with E-state index in [-0.39, 0.29) is 0 Å². The molecule has 0 unspecified atom stereocenters. The Morgan fingerprint density at radius 3 is 2.94 bits per heavy atom. The molecule has 3 nitrogen and oxygen atoms in total. The van der Waals surface area contributed by atoms with E-state index in [1.807, 2.05) is 19.1 Å². The van der Waals surface area contributed by atoms with Crippen molar-refractivity contribution in [3.8, 4) is 5.75 Å². The molecule has 0 aliphatic heterocycles. The van der Waals surface area contributed by atoms with E-state index in [1.165, 1.54) is 5.56 Å². The van der Waals surface area contributed by atoms with Gasteiger partial charge in [0.05, 0.1) is 12.3 Å². The minimum Gasteiger partial charge on any atom is -0.494 e. The van der Waals surface area contributed by atoms with Crippen LogP contribution < -0.4 is 10.1 Å². The van der Waals surface area contributed by atoms with Gasteiger partial charge in [-0.25, -0.2) is 4.98 Å². The number of benzene rings is 1. The van der Waals surface area contributed by atoms with Crippen LogP contribution >= 0.6 is 11.3 Å². The van der Waals surface area contributed by atoms with E-state index in [0.717, 1.165) is 29.5 Å². The van der Waals surface area contributed by atoms with Gasteiger partial charge in [0.1, 0.15) is 5.75 Å². The summed E-state index contributed by atoms with van der Waals surface area (Å²) in [7, 11) is 0. The average molecular weight is 262 g/mol. The van der Waals surface area contributed by atoms with Crippen LogP contribution in [0.25, 0.3) is 0 Å². The standard InChI is InChI=1S/C14H18N2OS/c1-3-12-10-18-14(16-12)15-9-11-6-5-7-13(8-11)17-4-2/h5-8,10H,3-4,9H2,1-2H3,(H,15,16). The summed E-state index contributed by atoms with van der Waals surface area (Å²) in [5.74, 6) is 0.921. The first-order valence-corrected chi connectivity index (χ1v) is 7.09. The third-order valence-corrected chi connectivity index (χ3v) is 3.42. The van der Waals surface area contributed by atoms with Gasteiger partial charge in [-0.15, -0.1) is 11.3 Å². The second-order valence-corrected chi connectivity index (χ2v) is 4.79. The van der Waals surface area contributed by atoms with Crippen molar-refractivity contribution >= 4 is 16.5 Å². The maximum absolute atomic E-state index is 5.48. The maximum Gasteiger partial charge on any atom is 0.183 e. The molecule has 1 N–H and O–H groups in total. The zero-order valence-electron chi connectivity index (χ0n) is 10.8.